The van der Waals surface area contributed by atoms with Gasteiger partial charge in [-0.1, -0.05) is 77.8 Å². The number of carbonyl (C=O) groups is 1. The molecule has 0 fully saturated rings. The Morgan fingerprint density at radius 2 is 1.48 bits per heavy atom. The fraction of sp³-hybridized carbons (Fsp3) is 0.0385. The zero-order chi connectivity index (χ0) is 21.1. The Morgan fingerprint density at radius 1 is 0.742 bits per heavy atom. The van der Waals surface area contributed by atoms with Gasteiger partial charge in [0.05, 0.1) is 22.3 Å². The molecule has 0 saturated heterocycles. The summed E-state index contributed by atoms with van der Waals surface area (Å²) in [7, 11) is 0. The molecule has 1 amide bonds. The van der Waals surface area contributed by atoms with Crippen LogP contribution >= 0.6 is 34.5 Å². The molecule has 5 heteroatoms. The second-order valence-electron chi connectivity index (χ2n) is 7.58. The molecule has 1 aliphatic heterocycles. The van der Waals surface area contributed by atoms with Crippen LogP contribution in [0.2, 0.25) is 10.0 Å². The van der Waals surface area contributed by atoms with Crippen molar-refractivity contribution in [1.82, 2.24) is 0 Å². The molecule has 150 valence electrons. The first-order chi connectivity index (χ1) is 15.1. The summed E-state index contributed by atoms with van der Waals surface area (Å²) in [6.45, 7) is 0. The normalized spacial score (nSPS) is 15.7. The predicted octanol–water partition coefficient (Wildman–Crippen LogP) is 8.17. The molecule has 0 radical (unpaired) electrons. The van der Waals surface area contributed by atoms with Crippen molar-refractivity contribution in [3.05, 3.63) is 106 Å². The summed E-state index contributed by atoms with van der Waals surface area (Å²) in [5.41, 5.74) is 3.53. The van der Waals surface area contributed by atoms with Crippen molar-refractivity contribution in [1.29, 1.82) is 0 Å². The standard InChI is InChI=1S/C26H15Cl2NOS/c27-15-12-13-22(20(28)14-15)29-21-10-3-1-7-18(21)24(26(29)30)19-9-5-8-17-16-6-2-4-11-23(16)31-25(17)19/h1-14,24H. The van der Waals surface area contributed by atoms with E-state index in [9.17, 15) is 4.79 Å². The fourth-order valence-corrected chi connectivity index (χ4v) is 6.26. The molecule has 5 aromatic rings. The smallest absolute Gasteiger partial charge is 0.243 e. The van der Waals surface area contributed by atoms with Crippen LogP contribution in [0.25, 0.3) is 20.2 Å². The Kier molecular flexibility index (Phi) is 4.32. The van der Waals surface area contributed by atoms with Crippen LogP contribution in [0.5, 0.6) is 0 Å². The quantitative estimate of drug-likeness (QED) is 0.260. The summed E-state index contributed by atoms with van der Waals surface area (Å²) in [4.78, 5) is 15.6. The summed E-state index contributed by atoms with van der Waals surface area (Å²) in [5, 5.41) is 3.41. The van der Waals surface area contributed by atoms with E-state index < -0.39 is 0 Å². The topological polar surface area (TPSA) is 20.3 Å². The summed E-state index contributed by atoms with van der Waals surface area (Å²) in [5.74, 6) is -0.393. The number of carbonyl (C=O) groups excluding carboxylic acids is 1. The number of fused-ring (bicyclic) bond motifs is 4. The number of para-hydroxylation sites is 1. The van der Waals surface area contributed by atoms with Gasteiger partial charge in [0.1, 0.15) is 0 Å². The number of hydrogen-bond acceptors (Lipinski definition) is 2. The molecule has 0 spiro atoms. The van der Waals surface area contributed by atoms with Gasteiger partial charge in [-0.25, -0.2) is 0 Å². The first-order valence-electron chi connectivity index (χ1n) is 9.91. The van der Waals surface area contributed by atoms with E-state index in [-0.39, 0.29) is 11.8 Å². The minimum Gasteiger partial charge on any atom is -0.278 e. The van der Waals surface area contributed by atoms with Crippen LogP contribution in [0.3, 0.4) is 0 Å². The lowest BCUT2D eigenvalue weighted by molar-refractivity contribution is -0.117. The molecule has 1 aliphatic rings. The molecule has 31 heavy (non-hydrogen) atoms. The second kappa shape index (κ2) is 7.10. The van der Waals surface area contributed by atoms with Gasteiger partial charge in [0.15, 0.2) is 0 Å². The van der Waals surface area contributed by atoms with Crippen molar-refractivity contribution in [2.24, 2.45) is 0 Å². The second-order valence-corrected chi connectivity index (χ2v) is 9.48. The van der Waals surface area contributed by atoms with Gasteiger partial charge in [-0.05, 0) is 41.5 Å². The van der Waals surface area contributed by atoms with Gasteiger partial charge in [-0.2, -0.15) is 0 Å². The van der Waals surface area contributed by atoms with E-state index in [2.05, 4.69) is 36.4 Å². The summed E-state index contributed by atoms with van der Waals surface area (Å²) in [6, 6.07) is 27.8. The lowest BCUT2D eigenvalue weighted by atomic mass is 9.91. The van der Waals surface area contributed by atoms with Gasteiger partial charge in [0.2, 0.25) is 5.91 Å². The van der Waals surface area contributed by atoms with E-state index in [1.807, 2.05) is 36.4 Å². The summed E-state index contributed by atoms with van der Waals surface area (Å²) in [6.07, 6.45) is 0. The number of anilines is 2. The third kappa shape index (κ3) is 2.81. The fourth-order valence-electron chi connectivity index (χ4n) is 4.52. The van der Waals surface area contributed by atoms with Crippen LogP contribution in [-0.4, -0.2) is 5.91 Å². The minimum atomic E-state index is -0.389. The van der Waals surface area contributed by atoms with E-state index in [1.165, 1.54) is 15.5 Å². The predicted molar refractivity (Wildman–Crippen MR) is 131 cm³/mol. The Hall–Kier alpha value is -2.85. The highest BCUT2D eigenvalue weighted by atomic mass is 35.5. The molecule has 6 rings (SSSR count). The van der Waals surface area contributed by atoms with Crippen molar-refractivity contribution in [2.45, 2.75) is 5.92 Å². The third-order valence-electron chi connectivity index (χ3n) is 5.85. The Morgan fingerprint density at radius 3 is 2.35 bits per heavy atom. The van der Waals surface area contributed by atoms with E-state index >= 15 is 0 Å². The number of rotatable bonds is 2. The summed E-state index contributed by atoms with van der Waals surface area (Å²) >= 11 is 14.3. The number of hydrogen-bond donors (Lipinski definition) is 0. The zero-order valence-electron chi connectivity index (χ0n) is 16.2. The van der Waals surface area contributed by atoms with E-state index in [0.717, 1.165) is 21.5 Å². The molecule has 1 unspecified atom stereocenters. The lowest BCUT2D eigenvalue weighted by Gasteiger charge is -2.20. The molecule has 2 heterocycles. The highest BCUT2D eigenvalue weighted by Crippen LogP contribution is 2.49. The number of halogens is 2. The van der Waals surface area contributed by atoms with Gasteiger partial charge in [0.25, 0.3) is 0 Å². The molecule has 1 aromatic heterocycles. The average molecular weight is 460 g/mol. The maximum absolute atomic E-state index is 13.9. The van der Waals surface area contributed by atoms with Crippen LogP contribution in [0.4, 0.5) is 11.4 Å². The van der Waals surface area contributed by atoms with Crippen molar-refractivity contribution in [3.8, 4) is 0 Å². The highest BCUT2D eigenvalue weighted by Gasteiger charge is 2.40. The average Bonchev–Trinajstić information content (AvgIpc) is 3.29. The highest BCUT2D eigenvalue weighted by molar-refractivity contribution is 7.26. The molecule has 0 saturated carbocycles. The van der Waals surface area contributed by atoms with Gasteiger partial charge in [-0.3, -0.25) is 9.69 Å². The molecule has 2 nitrogen and oxygen atoms in total. The van der Waals surface area contributed by atoms with Gasteiger partial charge in [-0.15, -0.1) is 11.3 Å². The zero-order valence-corrected chi connectivity index (χ0v) is 18.5. The number of nitrogens with zero attached hydrogens (tertiary/aromatic N) is 1. The van der Waals surface area contributed by atoms with Crippen LogP contribution in [-0.2, 0) is 4.79 Å². The van der Waals surface area contributed by atoms with E-state index in [4.69, 9.17) is 23.2 Å². The Labute approximate surface area is 193 Å². The maximum atomic E-state index is 13.9. The third-order valence-corrected chi connectivity index (χ3v) is 7.63. The molecular formula is C26H15Cl2NOS. The Bertz CT molecular complexity index is 1510. The minimum absolute atomic E-state index is 0.00428. The van der Waals surface area contributed by atoms with Crippen molar-refractivity contribution in [3.63, 3.8) is 0 Å². The van der Waals surface area contributed by atoms with Crippen LogP contribution < -0.4 is 4.90 Å². The van der Waals surface area contributed by atoms with Crippen LogP contribution in [0.15, 0.2) is 84.9 Å². The van der Waals surface area contributed by atoms with Gasteiger partial charge >= 0.3 is 0 Å². The van der Waals surface area contributed by atoms with Crippen molar-refractivity contribution < 1.29 is 4.79 Å². The molecule has 0 bridgehead atoms. The first-order valence-corrected chi connectivity index (χ1v) is 11.5. The largest absolute Gasteiger partial charge is 0.278 e. The molecule has 1 atom stereocenters. The van der Waals surface area contributed by atoms with Gasteiger partial charge < -0.3 is 0 Å². The molecule has 4 aromatic carbocycles. The van der Waals surface area contributed by atoms with Gasteiger partial charge in [0, 0.05) is 25.2 Å². The van der Waals surface area contributed by atoms with E-state index in [1.54, 1.807) is 28.4 Å². The lowest BCUT2D eigenvalue weighted by Crippen LogP contribution is -2.24. The number of benzene rings is 4. The molecular weight excluding hydrogens is 445 g/mol. The number of amides is 1. The van der Waals surface area contributed by atoms with E-state index in [0.29, 0.717) is 15.7 Å². The SMILES string of the molecule is O=C1C(c2cccc3c2sc2ccccc23)c2ccccc2N1c1ccc(Cl)cc1Cl. The molecule has 0 N–H and O–H groups in total. The number of thiophene rings is 1. The monoisotopic (exact) mass is 459 g/mol. The molecule has 0 aliphatic carbocycles. The summed E-state index contributed by atoms with van der Waals surface area (Å²) < 4.78 is 2.38. The van der Waals surface area contributed by atoms with Crippen LogP contribution in [0.1, 0.15) is 17.0 Å². The van der Waals surface area contributed by atoms with Crippen LogP contribution in [0, 0.1) is 0 Å². The first kappa shape index (κ1) is 18.9. The Balaban J connectivity index is 1.59. The maximum Gasteiger partial charge on any atom is 0.243 e. The van der Waals surface area contributed by atoms with Crippen molar-refractivity contribution in [2.75, 3.05) is 4.90 Å². The van der Waals surface area contributed by atoms with Crippen molar-refractivity contribution >= 4 is 72.0 Å².